The van der Waals surface area contributed by atoms with E-state index in [1.165, 1.54) is 38.4 Å². The number of hydrogen-bond acceptors (Lipinski definition) is 7. The first-order valence-corrected chi connectivity index (χ1v) is 17.7. The SMILES string of the molecule is C=CS(=O)(=O)N(C)Cc1[nH]c(C=C2C(=O)Nc3ccc(S(=O)(=O)N(C)c4cccc(Cl)c4)cc32)c(C)c1C(=O)N1CCN(C)CC1. The Bertz CT molecular complexity index is 1980. The molecule has 3 heterocycles. The first-order valence-electron chi connectivity index (χ1n) is 14.3. The van der Waals surface area contributed by atoms with Crippen molar-refractivity contribution in [2.45, 2.75) is 18.4 Å². The van der Waals surface area contributed by atoms with Gasteiger partial charge < -0.3 is 20.1 Å². The number of carbonyl (C=O) groups excluding carboxylic acids is 2. The third-order valence-electron chi connectivity index (χ3n) is 8.29. The number of rotatable bonds is 9. The zero-order chi connectivity index (χ0) is 33.6. The number of hydrogen-bond donors (Lipinski definition) is 2. The molecule has 1 saturated heterocycles. The summed E-state index contributed by atoms with van der Waals surface area (Å²) in [6.45, 7) is 7.37. The molecule has 0 bridgehead atoms. The highest BCUT2D eigenvalue weighted by molar-refractivity contribution is 7.92. The van der Waals surface area contributed by atoms with Gasteiger partial charge >= 0.3 is 0 Å². The quantitative estimate of drug-likeness (QED) is 0.328. The van der Waals surface area contributed by atoms with Crippen molar-refractivity contribution < 1.29 is 26.4 Å². The van der Waals surface area contributed by atoms with E-state index >= 15 is 0 Å². The zero-order valence-electron chi connectivity index (χ0n) is 25.9. The minimum absolute atomic E-state index is 0.0396. The smallest absolute Gasteiger partial charge is 0.264 e. The van der Waals surface area contributed by atoms with Crippen molar-refractivity contribution in [1.29, 1.82) is 0 Å². The van der Waals surface area contributed by atoms with Gasteiger partial charge in [0.2, 0.25) is 10.0 Å². The molecule has 2 aliphatic heterocycles. The Morgan fingerprint density at radius 1 is 1.07 bits per heavy atom. The summed E-state index contributed by atoms with van der Waals surface area (Å²) in [6, 6.07) is 10.8. The van der Waals surface area contributed by atoms with Crippen molar-refractivity contribution in [3.05, 3.63) is 87.6 Å². The standard InChI is InChI=1S/C31H35ClN6O6S2/c1-6-45(41,42)36(4)19-28-29(31(40)38-14-12-35(3)13-15-38)20(2)27(33-28)18-25-24-17-23(10-11-26(24)34-30(25)39)46(43,44)37(5)22-9-7-8-21(32)16-22/h6-11,16-18,33H,1,12-15,19H2,2-5H3,(H,34,39). The van der Waals surface area contributed by atoms with Gasteiger partial charge in [-0.3, -0.25) is 13.9 Å². The summed E-state index contributed by atoms with van der Waals surface area (Å²) in [5, 5.41) is 3.99. The summed E-state index contributed by atoms with van der Waals surface area (Å²) in [6.07, 6.45) is 1.56. The van der Waals surface area contributed by atoms with Crippen molar-refractivity contribution in [2.75, 3.05) is 56.9 Å². The predicted molar refractivity (Wildman–Crippen MR) is 179 cm³/mol. The van der Waals surface area contributed by atoms with E-state index in [0.29, 0.717) is 70.7 Å². The van der Waals surface area contributed by atoms with Gasteiger partial charge in [0.25, 0.3) is 21.8 Å². The van der Waals surface area contributed by atoms with Gasteiger partial charge in [-0.1, -0.05) is 24.2 Å². The van der Waals surface area contributed by atoms with Gasteiger partial charge in [-0.25, -0.2) is 16.8 Å². The molecule has 15 heteroatoms. The monoisotopic (exact) mass is 686 g/mol. The fourth-order valence-electron chi connectivity index (χ4n) is 5.42. The van der Waals surface area contributed by atoms with Gasteiger partial charge in [-0.15, -0.1) is 0 Å². The van der Waals surface area contributed by atoms with Crippen molar-refractivity contribution in [2.24, 2.45) is 0 Å². The predicted octanol–water partition coefficient (Wildman–Crippen LogP) is 3.59. The van der Waals surface area contributed by atoms with E-state index in [2.05, 4.69) is 21.8 Å². The van der Waals surface area contributed by atoms with E-state index in [1.54, 1.807) is 36.1 Å². The van der Waals surface area contributed by atoms with Gasteiger partial charge in [-0.2, -0.15) is 4.31 Å². The van der Waals surface area contributed by atoms with Crippen LogP contribution in [-0.4, -0.2) is 95.1 Å². The minimum atomic E-state index is -4.04. The number of piperazine rings is 1. The van der Waals surface area contributed by atoms with E-state index in [1.807, 2.05) is 7.05 Å². The lowest BCUT2D eigenvalue weighted by molar-refractivity contribution is -0.110. The molecule has 1 aromatic heterocycles. The number of fused-ring (bicyclic) bond motifs is 1. The second-order valence-corrected chi connectivity index (χ2v) is 15.6. The highest BCUT2D eigenvalue weighted by Crippen LogP contribution is 2.37. The van der Waals surface area contributed by atoms with Crippen LogP contribution in [0, 0.1) is 6.92 Å². The van der Waals surface area contributed by atoms with Gasteiger partial charge in [0, 0.05) is 73.3 Å². The number of anilines is 2. The Morgan fingerprint density at radius 2 is 1.76 bits per heavy atom. The van der Waals surface area contributed by atoms with E-state index in [4.69, 9.17) is 11.6 Å². The molecule has 244 valence electrons. The normalized spacial score (nSPS) is 16.5. The lowest BCUT2D eigenvalue weighted by Crippen LogP contribution is -2.47. The molecule has 0 spiro atoms. The van der Waals surface area contributed by atoms with Crippen LogP contribution < -0.4 is 9.62 Å². The molecule has 2 N–H and O–H groups in total. The maximum absolute atomic E-state index is 13.8. The largest absolute Gasteiger partial charge is 0.357 e. The fourth-order valence-corrected chi connectivity index (χ4v) is 7.39. The molecule has 0 radical (unpaired) electrons. The van der Waals surface area contributed by atoms with Crippen LogP contribution in [0.1, 0.15) is 32.9 Å². The van der Waals surface area contributed by atoms with Crippen LogP contribution in [0.5, 0.6) is 0 Å². The van der Waals surface area contributed by atoms with E-state index in [0.717, 1.165) is 14.0 Å². The molecule has 0 aliphatic carbocycles. The number of nitrogens with zero attached hydrogens (tertiary/aromatic N) is 4. The molecular weight excluding hydrogens is 652 g/mol. The third-order valence-corrected chi connectivity index (χ3v) is 11.7. The van der Waals surface area contributed by atoms with Crippen LogP contribution in [0.15, 0.2) is 59.3 Å². The number of sulfonamides is 2. The average Bonchev–Trinajstić information content (AvgIpc) is 3.50. The third kappa shape index (κ3) is 6.35. The molecular formula is C31H35ClN6O6S2. The Hall–Kier alpha value is -3.95. The van der Waals surface area contributed by atoms with Crippen molar-refractivity contribution >= 4 is 66.5 Å². The summed E-state index contributed by atoms with van der Waals surface area (Å²) < 4.78 is 54.4. The number of carbonyl (C=O) groups is 2. The molecule has 0 atom stereocenters. The molecule has 3 aromatic rings. The van der Waals surface area contributed by atoms with E-state index < -0.39 is 26.0 Å². The summed E-state index contributed by atoms with van der Waals surface area (Å²) >= 11 is 6.09. The molecule has 12 nitrogen and oxygen atoms in total. The van der Waals surface area contributed by atoms with Crippen LogP contribution in [-0.2, 0) is 31.4 Å². The van der Waals surface area contributed by atoms with Gasteiger partial charge in [-0.05, 0) is 62.0 Å². The maximum Gasteiger partial charge on any atom is 0.264 e. The Balaban J connectivity index is 1.57. The molecule has 2 amide bonds. The lowest BCUT2D eigenvalue weighted by Gasteiger charge is -2.32. The van der Waals surface area contributed by atoms with Crippen molar-refractivity contribution in [1.82, 2.24) is 19.1 Å². The first kappa shape index (κ1) is 33.4. The molecule has 0 unspecified atom stereocenters. The van der Waals surface area contributed by atoms with Crippen LogP contribution in [0.2, 0.25) is 5.02 Å². The summed E-state index contributed by atoms with van der Waals surface area (Å²) in [5.41, 5.74) is 2.96. The van der Waals surface area contributed by atoms with E-state index in [-0.39, 0.29) is 22.9 Å². The number of benzene rings is 2. The number of nitrogens with one attached hydrogen (secondary N) is 2. The van der Waals surface area contributed by atoms with Gasteiger partial charge in [0.05, 0.1) is 28.3 Å². The average molecular weight is 687 g/mol. The highest BCUT2D eigenvalue weighted by Gasteiger charge is 2.32. The van der Waals surface area contributed by atoms with Gasteiger partial charge in [0.1, 0.15) is 0 Å². The second kappa shape index (κ2) is 12.7. The number of H-pyrrole nitrogens is 1. The van der Waals surface area contributed by atoms with Crippen molar-refractivity contribution in [3.8, 4) is 0 Å². The van der Waals surface area contributed by atoms with Crippen LogP contribution in [0.25, 0.3) is 11.6 Å². The van der Waals surface area contributed by atoms with Crippen LogP contribution in [0.4, 0.5) is 11.4 Å². The fraction of sp³-hybridized carbons (Fsp3) is 0.290. The summed E-state index contributed by atoms with van der Waals surface area (Å²) in [4.78, 5) is 34.0. The number of aromatic nitrogens is 1. The number of halogens is 1. The van der Waals surface area contributed by atoms with Crippen LogP contribution >= 0.6 is 11.6 Å². The van der Waals surface area contributed by atoms with E-state index in [9.17, 15) is 26.4 Å². The molecule has 0 saturated carbocycles. The second-order valence-electron chi connectivity index (χ2n) is 11.3. The molecule has 46 heavy (non-hydrogen) atoms. The molecule has 2 aliphatic rings. The number of likely N-dealkylation sites (N-methyl/N-ethyl adjacent to an activating group) is 1. The topological polar surface area (TPSA) is 143 Å². The number of amides is 2. The Labute approximate surface area is 274 Å². The Kier molecular flexibility index (Phi) is 9.21. The van der Waals surface area contributed by atoms with Crippen LogP contribution in [0.3, 0.4) is 0 Å². The minimum Gasteiger partial charge on any atom is -0.357 e. The first-order chi connectivity index (χ1) is 21.6. The van der Waals surface area contributed by atoms with Gasteiger partial charge in [0.15, 0.2) is 0 Å². The summed E-state index contributed by atoms with van der Waals surface area (Å²) in [5.74, 6) is -0.707. The van der Waals surface area contributed by atoms with Crippen molar-refractivity contribution in [3.63, 3.8) is 0 Å². The molecule has 1 fully saturated rings. The maximum atomic E-state index is 13.8. The molecule has 5 rings (SSSR count). The highest BCUT2D eigenvalue weighted by atomic mass is 35.5. The molecule has 2 aromatic carbocycles. The lowest BCUT2D eigenvalue weighted by atomic mass is 10.0. The summed E-state index contributed by atoms with van der Waals surface area (Å²) in [7, 11) is -3.05. The zero-order valence-corrected chi connectivity index (χ0v) is 28.3. The number of aromatic amines is 1. The Morgan fingerprint density at radius 3 is 2.41 bits per heavy atom.